The van der Waals surface area contributed by atoms with Crippen LogP contribution in [0, 0.1) is 18.3 Å². The normalized spacial score (nSPS) is 12.1. The Bertz CT molecular complexity index is 804. The summed E-state index contributed by atoms with van der Waals surface area (Å²) in [5, 5.41) is 30.4. The first-order chi connectivity index (χ1) is 13.3. The quantitative estimate of drug-likeness (QED) is 0.349. The van der Waals surface area contributed by atoms with Crippen LogP contribution in [0.5, 0.6) is 11.6 Å². The molecule has 28 heavy (non-hydrogen) atoms. The smallest absolute Gasteiger partial charge is 0.233 e. The summed E-state index contributed by atoms with van der Waals surface area (Å²) >= 11 is 0. The number of aliphatic hydroxyl groups is 1. The van der Waals surface area contributed by atoms with Gasteiger partial charge in [0, 0.05) is 18.2 Å². The average molecular weight is 386 g/mol. The van der Waals surface area contributed by atoms with E-state index in [1.807, 2.05) is 32.9 Å². The number of ether oxygens (including phenoxy) is 2. The fourth-order valence-corrected chi connectivity index (χ4v) is 2.32. The molecule has 0 saturated heterocycles. The molecule has 0 radical (unpaired) electrons. The van der Waals surface area contributed by atoms with Crippen molar-refractivity contribution in [3.8, 4) is 17.7 Å². The van der Waals surface area contributed by atoms with Gasteiger partial charge in [0.1, 0.15) is 31.1 Å². The van der Waals surface area contributed by atoms with Gasteiger partial charge in [-0.25, -0.2) is 5.84 Å². The van der Waals surface area contributed by atoms with Crippen LogP contribution in [0.4, 0.5) is 5.82 Å². The van der Waals surface area contributed by atoms with Gasteiger partial charge in [-0.05, 0) is 38.5 Å². The second-order valence-corrected chi connectivity index (χ2v) is 6.98. The maximum absolute atomic E-state index is 10.2. The molecule has 1 heterocycles. The Morgan fingerprint density at radius 3 is 2.68 bits per heavy atom. The zero-order valence-corrected chi connectivity index (χ0v) is 16.3. The molecule has 0 saturated carbocycles. The van der Waals surface area contributed by atoms with Crippen molar-refractivity contribution in [2.45, 2.75) is 32.4 Å². The number of nitrogens with two attached hydrogens (primary N) is 1. The number of nitrogens with one attached hydrogen (secondary N) is 2. The van der Waals surface area contributed by atoms with Crippen molar-refractivity contribution in [2.75, 3.05) is 25.2 Å². The highest BCUT2D eigenvalue weighted by molar-refractivity contribution is 5.48. The minimum absolute atomic E-state index is 0.0705. The van der Waals surface area contributed by atoms with Crippen molar-refractivity contribution in [3.05, 3.63) is 41.5 Å². The third-order valence-electron chi connectivity index (χ3n) is 3.96. The minimum Gasteiger partial charge on any atom is -0.489 e. The van der Waals surface area contributed by atoms with E-state index >= 15 is 0 Å². The molecule has 0 aliphatic carbocycles. The van der Waals surface area contributed by atoms with Gasteiger partial charge >= 0.3 is 0 Å². The minimum atomic E-state index is -0.749. The van der Waals surface area contributed by atoms with E-state index in [1.165, 1.54) is 0 Å². The van der Waals surface area contributed by atoms with Crippen LogP contribution in [0.3, 0.4) is 0 Å². The molecule has 5 N–H and O–H groups in total. The number of hydrogen-bond donors (Lipinski definition) is 4. The highest BCUT2D eigenvalue weighted by Crippen LogP contribution is 2.21. The predicted octanol–water partition coefficient (Wildman–Crippen LogP) is 1.13. The van der Waals surface area contributed by atoms with E-state index in [4.69, 9.17) is 15.3 Å². The van der Waals surface area contributed by atoms with Crippen LogP contribution in [0.2, 0.25) is 0 Å². The lowest BCUT2D eigenvalue weighted by atomic mass is 10.1. The van der Waals surface area contributed by atoms with Crippen molar-refractivity contribution in [2.24, 2.45) is 5.84 Å². The highest BCUT2D eigenvalue weighted by atomic mass is 16.5. The number of nitriles is 1. The summed E-state index contributed by atoms with van der Waals surface area (Å²) in [6, 6.07) is 10.8. The van der Waals surface area contributed by atoms with Crippen molar-refractivity contribution in [3.63, 3.8) is 0 Å². The molecule has 0 aliphatic heterocycles. The molecule has 9 heteroatoms. The van der Waals surface area contributed by atoms with Crippen LogP contribution in [0.25, 0.3) is 0 Å². The van der Waals surface area contributed by atoms with Gasteiger partial charge in [0.05, 0.1) is 5.56 Å². The highest BCUT2D eigenvalue weighted by Gasteiger charge is 2.20. The molecule has 0 amide bonds. The van der Waals surface area contributed by atoms with Crippen molar-refractivity contribution in [1.82, 2.24) is 15.5 Å². The van der Waals surface area contributed by atoms with Gasteiger partial charge in [-0.15, -0.1) is 10.2 Å². The SMILES string of the molecule is Cc1cccc(OCC(O)CNC(C)(C)COc2ccc(NN)nn2)c1C#N. The van der Waals surface area contributed by atoms with Gasteiger partial charge in [0.2, 0.25) is 5.88 Å². The lowest BCUT2D eigenvalue weighted by Crippen LogP contribution is -2.48. The monoisotopic (exact) mass is 386 g/mol. The molecule has 0 bridgehead atoms. The van der Waals surface area contributed by atoms with Crippen LogP contribution in [-0.4, -0.2) is 46.7 Å². The van der Waals surface area contributed by atoms with Crippen LogP contribution in [-0.2, 0) is 0 Å². The molecule has 2 rings (SSSR count). The number of rotatable bonds is 10. The topological polar surface area (TPSA) is 138 Å². The molecule has 9 nitrogen and oxygen atoms in total. The number of nitrogen functional groups attached to an aromatic ring is 1. The number of hydrazine groups is 1. The molecular formula is C19H26N6O3. The Morgan fingerprint density at radius 2 is 2.04 bits per heavy atom. The Kier molecular flexibility index (Phi) is 7.52. The summed E-state index contributed by atoms with van der Waals surface area (Å²) in [6.45, 7) is 6.42. The van der Waals surface area contributed by atoms with Gasteiger partial charge in [-0.1, -0.05) is 12.1 Å². The Morgan fingerprint density at radius 1 is 1.25 bits per heavy atom. The van der Waals surface area contributed by atoms with Gasteiger partial charge in [0.15, 0.2) is 5.82 Å². The van der Waals surface area contributed by atoms with Crippen molar-refractivity contribution >= 4 is 5.82 Å². The largest absolute Gasteiger partial charge is 0.489 e. The molecule has 2 aromatic rings. The van der Waals surface area contributed by atoms with Crippen molar-refractivity contribution < 1.29 is 14.6 Å². The zero-order chi connectivity index (χ0) is 20.6. The summed E-state index contributed by atoms with van der Waals surface area (Å²) in [7, 11) is 0. The molecular weight excluding hydrogens is 360 g/mol. The number of anilines is 1. The van der Waals surface area contributed by atoms with Crippen molar-refractivity contribution in [1.29, 1.82) is 5.26 Å². The Hall–Kier alpha value is -2.93. The first-order valence-electron chi connectivity index (χ1n) is 8.83. The van der Waals surface area contributed by atoms with Crippen LogP contribution in [0.15, 0.2) is 30.3 Å². The third kappa shape index (κ3) is 6.35. The maximum atomic E-state index is 10.2. The van der Waals surface area contributed by atoms with Gasteiger partial charge in [-0.2, -0.15) is 5.26 Å². The van der Waals surface area contributed by atoms with Crippen LogP contribution in [0.1, 0.15) is 25.0 Å². The summed E-state index contributed by atoms with van der Waals surface area (Å²) in [5.41, 5.74) is 3.29. The van der Waals surface area contributed by atoms with Crippen LogP contribution < -0.4 is 26.1 Å². The molecule has 0 spiro atoms. The molecule has 0 aliphatic rings. The van der Waals surface area contributed by atoms with E-state index in [-0.39, 0.29) is 6.61 Å². The van der Waals surface area contributed by atoms with E-state index in [0.717, 1.165) is 5.56 Å². The number of benzene rings is 1. The van der Waals surface area contributed by atoms with Gasteiger partial charge < -0.3 is 25.3 Å². The van der Waals surface area contributed by atoms with Gasteiger partial charge in [0.25, 0.3) is 0 Å². The summed E-state index contributed by atoms with van der Waals surface area (Å²) in [4.78, 5) is 0. The maximum Gasteiger partial charge on any atom is 0.233 e. The lowest BCUT2D eigenvalue weighted by molar-refractivity contribution is 0.0921. The van der Waals surface area contributed by atoms with E-state index < -0.39 is 11.6 Å². The fraction of sp³-hybridized carbons (Fsp3) is 0.421. The molecule has 1 atom stereocenters. The number of aromatic nitrogens is 2. The number of β-amino-alcohol motifs (C(OH)–C–C–N with tert-alkyl or cyclic N) is 1. The average Bonchev–Trinajstić information content (AvgIpc) is 2.69. The zero-order valence-electron chi connectivity index (χ0n) is 16.3. The number of nitrogens with zero attached hydrogens (tertiary/aromatic N) is 3. The third-order valence-corrected chi connectivity index (χ3v) is 3.96. The standard InChI is InChI=1S/C19H26N6O3/c1-13-5-4-6-16(15(13)9-20)27-11-14(26)10-22-19(2,3)12-28-18-8-7-17(23-21)24-25-18/h4-8,14,22,26H,10-12,21H2,1-3H3,(H,23,24). The number of aryl methyl sites for hydroxylation is 1. The molecule has 1 aromatic carbocycles. The van der Waals surface area contributed by atoms with E-state index in [2.05, 4.69) is 27.0 Å². The Labute approximate surface area is 164 Å². The number of hydrogen-bond acceptors (Lipinski definition) is 9. The summed E-state index contributed by atoms with van der Waals surface area (Å²) in [6.07, 6.45) is -0.749. The molecule has 0 fully saturated rings. The summed E-state index contributed by atoms with van der Waals surface area (Å²) in [5.74, 6) is 6.54. The van der Waals surface area contributed by atoms with E-state index in [0.29, 0.717) is 36.2 Å². The first kappa shape index (κ1) is 21.4. The van der Waals surface area contributed by atoms with E-state index in [9.17, 15) is 10.4 Å². The molecule has 150 valence electrons. The fourth-order valence-electron chi connectivity index (χ4n) is 2.32. The first-order valence-corrected chi connectivity index (χ1v) is 8.83. The molecule has 1 unspecified atom stereocenters. The predicted molar refractivity (Wildman–Crippen MR) is 105 cm³/mol. The second-order valence-electron chi connectivity index (χ2n) is 6.98. The Balaban J connectivity index is 1.78. The lowest BCUT2D eigenvalue weighted by Gasteiger charge is -2.27. The molecule has 1 aromatic heterocycles. The van der Waals surface area contributed by atoms with Gasteiger partial charge in [-0.3, -0.25) is 0 Å². The van der Waals surface area contributed by atoms with E-state index in [1.54, 1.807) is 18.2 Å². The summed E-state index contributed by atoms with van der Waals surface area (Å²) < 4.78 is 11.2. The number of aliphatic hydroxyl groups excluding tert-OH is 1. The second kappa shape index (κ2) is 9.85. The van der Waals surface area contributed by atoms with Crippen LogP contribution >= 0.6 is 0 Å².